The summed E-state index contributed by atoms with van der Waals surface area (Å²) in [6.07, 6.45) is -57.3. The number of aliphatic hydroxyl groups is 1. The van der Waals surface area contributed by atoms with Gasteiger partial charge in [0.25, 0.3) is 0 Å². The molecule has 4 amide bonds. The standard InChI is InChI=1S/C71H124N4O62S9/c1-96-24-33-44(52(101-6)59(106-11)66(114-33)121-45-34(25-97-2)115-67(60(107-12)53(45)102-7)122-46-35(26-98-3)116-68(61(108-13)54(46)103-8)123-47-36(27-109-143(84,85)86)112-64(78)57(104-9)50(47)99-4)120-65-58(105-10)51(100-5)43(32(113-65)23-73-41(77)20-15-14-18-22-72-40(76)21-17-16-19-39-42-31(30-138-39)74-71(79)75-42)119-70-63(129-146(93,94)95)55(126-140-135-131-81)48(37(117-70)28-110-144(87,88)89)124-69-62(128-142-137-133-83)56(127-141-136-132-82)49(125-139-134-130-80)38(118-69)29-111-145(90,91)92/h31-39,42-70,78,80-83H,14-30H2,1-13H3,(H,72,76)(H,73,77)(H2,74,75,79)(H,84,85,86)(H,87,88,89)(H,90,91,92)(H,93,94,95)/t31?,32?,33?,34-,35-,36?,37-,38-,39?,42?,43+,44+,45-,46-,47+,48-,49-,50+,51+,52+,53?,54?,55?,56?,57?,58?,59?,60?,61?,62?,63?,64-,65+,66+,67-,68-,69-,70-/m1/s1. The molecule has 9 rings (SSSR count). The number of ether oxygens (including phenoxy) is 26. The lowest BCUT2D eigenvalue weighted by Crippen LogP contribution is -2.69. The number of thioether (sulfide) groups is 1. The van der Waals surface area contributed by atoms with Crippen molar-refractivity contribution in [3.05, 3.63) is 0 Å². The van der Waals surface area contributed by atoms with Crippen LogP contribution in [0.4, 0.5) is 4.79 Å². The number of unbranched alkanes of at least 4 members (excludes halogenated alkanes) is 3. The molecule has 9 fully saturated rings. The highest BCUT2D eigenvalue weighted by molar-refractivity contribution is 8.00. The normalized spacial score (nSPS) is 36.8. The third-order valence-corrected chi connectivity index (χ3v) is 28.8. The highest BCUT2D eigenvalue weighted by Gasteiger charge is 2.63. The number of nitrogens with one attached hydrogen (secondary N) is 4. The van der Waals surface area contributed by atoms with Crippen LogP contribution in [0.25, 0.3) is 0 Å². The zero-order valence-corrected chi connectivity index (χ0v) is 87.1. The molecule has 0 bridgehead atoms. The van der Waals surface area contributed by atoms with Gasteiger partial charge in [-0.2, -0.15) is 45.4 Å². The van der Waals surface area contributed by atoms with E-state index in [0.29, 0.717) is 19.3 Å². The molecule has 9 saturated heterocycles. The van der Waals surface area contributed by atoms with E-state index in [1.165, 1.54) is 78.2 Å². The van der Waals surface area contributed by atoms with Crippen LogP contribution >= 0.6 is 61.1 Å². The third-order valence-electron chi connectivity index (χ3n) is 23.8. The van der Waals surface area contributed by atoms with Crippen LogP contribution in [0.3, 0.4) is 0 Å². The second-order valence-electron chi connectivity index (χ2n) is 32.3. The van der Waals surface area contributed by atoms with Gasteiger partial charge in [-0.25, -0.2) is 42.6 Å². The van der Waals surface area contributed by atoms with Gasteiger partial charge in [0.2, 0.25) is 11.8 Å². The number of hydrogen-bond acceptors (Lipinski definition) is 63. The molecule has 75 heteroatoms. The second kappa shape index (κ2) is 63.3. The van der Waals surface area contributed by atoms with E-state index in [1.54, 1.807) is 11.8 Å². The van der Waals surface area contributed by atoms with Crippen molar-refractivity contribution in [3.63, 3.8) is 0 Å². The van der Waals surface area contributed by atoms with Crippen LogP contribution in [0.15, 0.2) is 0 Å². The van der Waals surface area contributed by atoms with Crippen LogP contribution in [0, 0.1) is 0 Å². The van der Waals surface area contributed by atoms with Gasteiger partial charge in [0.15, 0.2) is 106 Å². The maximum absolute atomic E-state index is 14.3. The summed E-state index contributed by atoms with van der Waals surface area (Å²) in [5.41, 5.74) is 0. The van der Waals surface area contributed by atoms with Gasteiger partial charge < -0.3 is 150 Å². The van der Waals surface area contributed by atoms with E-state index in [-0.39, 0.29) is 105 Å². The average molecular weight is 2310 g/mol. The van der Waals surface area contributed by atoms with Gasteiger partial charge in [-0.3, -0.25) is 44.5 Å². The Morgan fingerprint density at radius 1 is 0.356 bits per heavy atom. The lowest BCUT2D eigenvalue weighted by Gasteiger charge is -2.52. The lowest BCUT2D eigenvalue weighted by molar-refractivity contribution is -0.437. The number of hydrogen-bond donors (Lipinski definition) is 13. The maximum Gasteiger partial charge on any atom is 0.397 e. The SMILES string of the molecule is COCC1O[C@@H](O[C@H]2C(OC)C(OC)[C@@H](O[C@H]3C(OC)C(OC)[C@@H](O[C@H]4C(COS(=O)(=O)O)O[C@@H](O)C(OC)[C@H]4OC)O[C@@H]3COC)O[C@@H]2COC)C(OC)[C@@H](OC)[C@H]1O[C@@H]1OC(CNC(=O)CCCCCNC(=O)CCCCC2SCC3NC(=O)NC32)[C@H](O[C@H]2O[C@H](COS(=O)(=O)O)[C@@H](O[C@H]3O[C@H](COS(=O)(=O)O)[C@@H](OSOOO)C(OSOOO)C3OSOOO)C(OSOOO)C2OS(=O)(=O)O)[C@H](OC)C1OC. The number of urea groups is 1. The summed E-state index contributed by atoms with van der Waals surface area (Å²) < 4.78 is 363. The van der Waals surface area contributed by atoms with Gasteiger partial charge in [0.05, 0.1) is 51.7 Å². The first kappa shape index (κ1) is 127. The molecule has 0 spiro atoms. The van der Waals surface area contributed by atoms with Crippen LogP contribution in [0.1, 0.15) is 51.4 Å². The Morgan fingerprint density at radius 2 is 0.671 bits per heavy atom. The fourth-order valence-electron chi connectivity index (χ4n) is 17.7. The summed E-state index contributed by atoms with van der Waals surface area (Å²) in [7, 11) is -5.83. The fourth-order valence-corrected chi connectivity index (χ4v) is 22.1. The smallest absolute Gasteiger partial charge is 0.382 e. The minimum atomic E-state index is -6.03. The van der Waals surface area contributed by atoms with Crippen LogP contribution < -0.4 is 21.3 Å². The minimum Gasteiger partial charge on any atom is -0.382 e. The van der Waals surface area contributed by atoms with E-state index < -0.39 is 308 Å². The molecule has 9 heterocycles. The molecule has 0 saturated carbocycles. The van der Waals surface area contributed by atoms with Gasteiger partial charge in [0.1, 0.15) is 159 Å². The topological polar surface area (TPSA) is 806 Å². The summed E-state index contributed by atoms with van der Waals surface area (Å²) in [4.78, 5) is 39.2. The van der Waals surface area contributed by atoms with Gasteiger partial charge in [0, 0.05) is 129 Å². The monoisotopic (exact) mass is 2310 g/mol. The fraction of sp³-hybridized carbons (Fsp3) is 0.958. The molecule has 854 valence electrons. The molecule has 0 aromatic carbocycles. The van der Waals surface area contributed by atoms with Crippen molar-refractivity contribution in [2.75, 3.05) is 151 Å². The lowest BCUT2D eigenvalue weighted by atomic mass is 9.94. The first-order valence-electron chi connectivity index (χ1n) is 43.7. The Balaban J connectivity index is 1.03. The van der Waals surface area contributed by atoms with Crippen molar-refractivity contribution in [2.24, 2.45) is 0 Å². The third kappa shape index (κ3) is 36.9. The maximum atomic E-state index is 14.3. The quantitative estimate of drug-likeness (QED) is 0.00725. The van der Waals surface area contributed by atoms with Crippen LogP contribution in [-0.4, -0.2) is 479 Å². The molecule has 0 aromatic heterocycles. The van der Waals surface area contributed by atoms with Crippen molar-refractivity contribution in [2.45, 2.75) is 284 Å². The van der Waals surface area contributed by atoms with Crippen LogP contribution in [0.5, 0.6) is 0 Å². The van der Waals surface area contributed by atoms with Crippen molar-refractivity contribution in [1.82, 2.24) is 21.3 Å². The zero-order chi connectivity index (χ0) is 107. The number of carbonyl (C=O) groups excluding carboxylic acids is 3. The number of amides is 4. The molecule has 146 heavy (non-hydrogen) atoms. The molecule has 0 aliphatic carbocycles. The van der Waals surface area contributed by atoms with Crippen LogP contribution in [0.2, 0.25) is 0 Å². The van der Waals surface area contributed by atoms with Crippen molar-refractivity contribution >= 4 is 120 Å². The number of rotatable bonds is 68. The largest absolute Gasteiger partial charge is 0.397 e. The molecular formula is C71H124N4O62S9. The first-order chi connectivity index (χ1) is 69.8. The predicted molar refractivity (Wildman–Crippen MR) is 472 cm³/mol. The van der Waals surface area contributed by atoms with Crippen LogP contribution in [-0.2, 0) is 245 Å². The molecule has 17 unspecified atom stereocenters. The first-order valence-corrected chi connectivity index (χ1v) is 52.9. The molecule has 9 aliphatic heterocycles. The molecule has 0 aromatic rings. The molecule has 66 nitrogen and oxygen atoms in total. The second-order valence-corrected chi connectivity index (χ2v) is 39.8. The molecule has 38 atom stereocenters. The molecular weight excluding hydrogens is 2190 g/mol. The summed E-state index contributed by atoms with van der Waals surface area (Å²) >= 11 is 0.420. The van der Waals surface area contributed by atoms with E-state index in [9.17, 15) is 81.9 Å². The Morgan fingerprint density at radius 3 is 1.05 bits per heavy atom. The highest BCUT2D eigenvalue weighted by atomic mass is 32.3. The Labute approximate surface area is 858 Å². The number of carbonyl (C=O) groups is 3. The van der Waals surface area contributed by atoms with E-state index in [1.807, 2.05) is 0 Å². The Bertz CT molecular complexity index is 4260. The molecule has 13 N–H and O–H groups in total. The van der Waals surface area contributed by atoms with E-state index in [4.69, 9.17) is 159 Å². The zero-order valence-electron chi connectivity index (χ0n) is 79.8. The van der Waals surface area contributed by atoms with E-state index >= 15 is 0 Å². The van der Waals surface area contributed by atoms with E-state index in [0.717, 1.165) is 32.8 Å². The van der Waals surface area contributed by atoms with Gasteiger partial charge in [-0.1, -0.05) is 33.0 Å². The summed E-state index contributed by atoms with van der Waals surface area (Å²) in [5.74, 6) is -0.0900. The summed E-state index contributed by atoms with van der Waals surface area (Å²) in [6, 6.07) is -0.153. The van der Waals surface area contributed by atoms with Gasteiger partial charge >= 0.3 is 47.6 Å². The number of methoxy groups -OCH3 is 13. The van der Waals surface area contributed by atoms with Gasteiger partial charge in [-0.05, 0) is 25.7 Å². The van der Waals surface area contributed by atoms with Crippen molar-refractivity contribution in [3.8, 4) is 0 Å². The molecule has 9 aliphatic rings. The number of aliphatic hydroxyl groups excluding tert-OH is 1. The number of fused-ring (bicyclic) bond motifs is 1. The molecule has 0 radical (unpaired) electrons. The average Bonchev–Trinajstić information content (AvgIpc) is 0.860. The minimum absolute atomic E-state index is 0.00774. The Kier molecular flexibility index (Phi) is 55.2. The highest BCUT2D eigenvalue weighted by Crippen LogP contribution is 2.46. The van der Waals surface area contributed by atoms with Crippen molar-refractivity contribution in [1.29, 1.82) is 0 Å². The Hall–Kier alpha value is -2.28. The van der Waals surface area contributed by atoms with E-state index in [2.05, 4.69) is 67.1 Å². The van der Waals surface area contributed by atoms with Gasteiger partial charge in [-0.15, -0.1) is 17.3 Å². The van der Waals surface area contributed by atoms with Crippen molar-refractivity contribution < 1.29 is 287 Å². The summed E-state index contributed by atoms with van der Waals surface area (Å²) in [5, 5.41) is 73.8. The predicted octanol–water partition coefficient (Wildman–Crippen LogP) is -2.90. The summed E-state index contributed by atoms with van der Waals surface area (Å²) in [6.45, 7) is -5.29.